The molecule has 6 heteroatoms. The summed E-state index contributed by atoms with van der Waals surface area (Å²) in [5.41, 5.74) is 4.65. The van der Waals surface area contributed by atoms with Crippen LogP contribution in [-0.4, -0.2) is 53.3 Å². The quantitative estimate of drug-likeness (QED) is 0.473. The first-order chi connectivity index (χ1) is 16.7. The molecule has 3 heterocycles. The van der Waals surface area contributed by atoms with Crippen LogP contribution in [0.5, 0.6) is 0 Å². The van der Waals surface area contributed by atoms with E-state index >= 15 is 0 Å². The Hall–Kier alpha value is -2.44. The molecule has 5 rings (SSSR count). The Morgan fingerprint density at radius 2 is 2.06 bits per heavy atom. The van der Waals surface area contributed by atoms with Gasteiger partial charge < -0.3 is 15.2 Å². The molecule has 0 spiro atoms. The molecule has 6 nitrogen and oxygen atoms in total. The normalized spacial score (nSPS) is 21.1. The molecule has 2 atom stereocenters. The summed E-state index contributed by atoms with van der Waals surface area (Å²) in [6.45, 7) is 3.19. The smallest absolute Gasteiger partial charge is 0.325 e. The van der Waals surface area contributed by atoms with Gasteiger partial charge in [-0.3, -0.25) is 9.69 Å². The zero-order chi connectivity index (χ0) is 23.3. The van der Waals surface area contributed by atoms with Crippen molar-refractivity contribution in [1.29, 1.82) is 0 Å². The highest BCUT2D eigenvalue weighted by molar-refractivity contribution is 5.76. The Bertz CT molecular complexity index is 991. The molecular weight excluding hydrogens is 426 g/mol. The fourth-order valence-electron chi connectivity index (χ4n) is 5.40. The third-order valence-electron chi connectivity index (χ3n) is 7.46. The van der Waals surface area contributed by atoms with Crippen molar-refractivity contribution < 1.29 is 14.6 Å². The van der Waals surface area contributed by atoms with Crippen LogP contribution in [-0.2, 0) is 28.8 Å². The summed E-state index contributed by atoms with van der Waals surface area (Å²) in [6, 6.07) is 11.9. The van der Waals surface area contributed by atoms with Crippen LogP contribution >= 0.6 is 0 Å². The molecule has 1 aromatic carbocycles. The number of ether oxygens (including phenoxy) is 1. The topological polar surface area (TPSA) is 74.7 Å². The molecule has 2 aliphatic heterocycles. The number of carboxylic acid groups (broad SMARTS) is 1. The summed E-state index contributed by atoms with van der Waals surface area (Å²) in [7, 11) is 0. The monoisotopic (exact) mass is 463 g/mol. The van der Waals surface area contributed by atoms with Crippen molar-refractivity contribution in [3.8, 4) is 0 Å². The van der Waals surface area contributed by atoms with Crippen molar-refractivity contribution in [2.45, 2.75) is 69.9 Å². The lowest BCUT2D eigenvalue weighted by Gasteiger charge is -2.26. The average Bonchev–Trinajstić information content (AvgIpc) is 3.55. The number of aliphatic carboxylic acids is 1. The number of likely N-dealkylation sites (tertiary alicyclic amines) is 1. The molecule has 2 fully saturated rings. The number of aromatic nitrogens is 1. The third-order valence-corrected chi connectivity index (χ3v) is 7.46. The number of unbranched alkanes of at least 4 members (excludes halogenated alkanes) is 1. The zero-order valence-corrected chi connectivity index (χ0v) is 20.0. The Labute approximate surface area is 202 Å². The molecule has 182 valence electrons. The van der Waals surface area contributed by atoms with Crippen molar-refractivity contribution in [3.05, 3.63) is 58.8 Å². The van der Waals surface area contributed by atoms with Crippen LogP contribution < -0.4 is 5.32 Å². The first-order valence-electron chi connectivity index (χ1n) is 13.1. The summed E-state index contributed by atoms with van der Waals surface area (Å²) in [6.07, 6.45) is 9.87. The van der Waals surface area contributed by atoms with E-state index in [0.717, 1.165) is 81.2 Å². The highest BCUT2D eigenvalue weighted by atomic mass is 16.5. The van der Waals surface area contributed by atoms with Gasteiger partial charge in [0.25, 0.3) is 0 Å². The maximum Gasteiger partial charge on any atom is 0.325 e. The van der Waals surface area contributed by atoms with E-state index in [1.807, 2.05) is 18.2 Å². The number of nitrogens with one attached hydrogen (secondary N) is 1. The van der Waals surface area contributed by atoms with E-state index in [0.29, 0.717) is 6.54 Å². The van der Waals surface area contributed by atoms with Gasteiger partial charge in [-0.05, 0) is 86.5 Å². The predicted molar refractivity (Wildman–Crippen MR) is 133 cm³/mol. The van der Waals surface area contributed by atoms with Gasteiger partial charge in [-0.1, -0.05) is 30.3 Å². The number of anilines is 1. The lowest BCUT2D eigenvalue weighted by atomic mass is 9.95. The summed E-state index contributed by atoms with van der Waals surface area (Å²) >= 11 is 0. The van der Waals surface area contributed by atoms with Gasteiger partial charge in [-0.2, -0.15) is 0 Å². The highest BCUT2D eigenvalue weighted by Gasteiger charge is 2.35. The van der Waals surface area contributed by atoms with E-state index < -0.39 is 12.0 Å². The fraction of sp³-hybridized carbons (Fsp3) is 0.571. The maximum absolute atomic E-state index is 12.3. The van der Waals surface area contributed by atoms with Crippen molar-refractivity contribution in [2.75, 3.05) is 31.6 Å². The predicted octanol–water partition coefficient (Wildman–Crippen LogP) is 4.63. The van der Waals surface area contributed by atoms with E-state index in [-0.39, 0.29) is 6.10 Å². The van der Waals surface area contributed by atoms with Crippen LogP contribution in [0.4, 0.5) is 5.82 Å². The number of hydrogen-bond donors (Lipinski definition) is 2. The van der Waals surface area contributed by atoms with Gasteiger partial charge in [0.1, 0.15) is 11.9 Å². The van der Waals surface area contributed by atoms with Crippen LogP contribution in [0.15, 0.2) is 36.4 Å². The average molecular weight is 464 g/mol. The molecule has 2 N–H and O–H groups in total. The second-order valence-corrected chi connectivity index (χ2v) is 10.2. The summed E-state index contributed by atoms with van der Waals surface area (Å²) in [5.74, 6) is 1.05. The van der Waals surface area contributed by atoms with E-state index in [1.54, 1.807) is 0 Å². The maximum atomic E-state index is 12.3. The minimum atomic E-state index is -0.754. The first-order valence-corrected chi connectivity index (χ1v) is 13.1. The second-order valence-electron chi connectivity index (χ2n) is 10.2. The first kappa shape index (κ1) is 23.3. The summed E-state index contributed by atoms with van der Waals surface area (Å²) in [4.78, 5) is 19.2. The second kappa shape index (κ2) is 10.9. The lowest BCUT2D eigenvalue weighted by molar-refractivity contribution is -0.143. The molecule has 1 saturated heterocycles. The number of fused-ring (bicyclic) bond motifs is 1. The highest BCUT2D eigenvalue weighted by Crippen LogP contribution is 2.36. The van der Waals surface area contributed by atoms with Gasteiger partial charge in [-0.15, -0.1) is 0 Å². The van der Waals surface area contributed by atoms with E-state index in [9.17, 15) is 9.90 Å². The number of rotatable bonds is 11. The molecule has 3 aliphatic rings. The largest absolute Gasteiger partial charge is 0.480 e. The van der Waals surface area contributed by atoms with Crippen LogP contribution in [0.3, 0.4) is 0 Å². The molecule has 2 aromatic rings. The Kier molecular flexibility index (Phi) is 7.45. The van der Waals surface area contributed by atoms with Crippen molar-refractivity contribution >= 4 is 11.8 Å². The van der Waals surface area contributed by atoms with E-state index in [1.165, 1.54) is 30.4 Å². The molecule has 1 aliphatic carbocycles. The third kappa shape index (κ3) is 5.78. The Morgan fingerprint density at radius 3 is 2.91 bits per heavy atom. The van der Waals surface area contributed by atoms with Gasteiger partial charge in [0.05, 0.1) is 6.10 Å². The van der Waals surface area contributed by atoms with Crippen LogP contribution in [0.1, 0.15) is 67.0 Å². The van der Waals surface area contributed by atoms with Crippen molar-refractivity contribution in [1.82, 2.24) is 9.88 Å². The minimum absolute atomic E-state index is 0.114. The minimum Gasteiger partial charge on any atom is -0.480 e. The van der Waals surface area contributed by atoms with Gasteiger partial charge in [0.15, 0.2) is 0 Å². The number of benzene rings is 1. The number of carboxylic acids is 1. The van der Waals surface area contributed by atoms with Crippen LogP contribution in [0.25, 0.3) is 0 Å². The zero-order valence-electron chi connectivity index (χ0n) is 20.0. The van der Waals surface area contributed by atoms with E-state index in [4.69, 9.17) is 9.72 Å². The molecule has 1 aromatic heterocycles. The fourth-order valence-corrected chi connectivity index (χ4v) is 5.40. The van der Waals surface area contributed by atoms with Gasteiger partial charge in [0.2, 0.25) is 0 Å². The molecule has 34 heavy (non-hydrogen) atoms. The van der Waals surface area contributed by atoms with Gasteiger partial charge in [-0.25, -0.2) is 4.98 Å². The molecule has 1 saturated carbocycles. The summed E-state index contributed by atoms with van der Waals surface area (Å²) < 4.78 is 6.16. The van der Waals surface area contributed by atoms with E-state index in [2.05, 4.69) is 28.4 Å². The number of aryl methyl sites for hydroxylation is 2. The Morgan fingerprint density at radius 1 is 1.18 bits per heavy atom. The lowest BCUT2D eigenvalue weighted by Crippen LogP contribution is -2.34. The van der Waals surface area contributed by atoms with Crippen LogP contribution in [0, 0.1) is 5.92 Å². The molecule has 0 radical (unpaired) electrons. The summed E-state index contributed by atoms with van der Waals surface area (Å²) in [5, 5.41) is 13.5. The van der Waals surface area contributed by atoms with Crippen molar-refractivity contribution in [3.63, 3.8) is 0 Å². The number of pyridine rings is 1. The number of nitrogens with zero attached hydrogens (tertiary/aromatic N) is 2. The standard InChI is InChI=1S/C28H37N3O3/c32-28(33)26(25-9-2-1-6-22(25)18-20-10-11-20)31-16-14-24(19-31)34-17-4-3-8-23-13-12-21-7-5-15-29-27(21)30-23/h1-2,6,9,12-13,20,24,26H,3-5,7-8,10-11,14-19H2,(H,29,30)(H,32,33)/t24-,26-/m1/s1. The molecular formula is C28H37N3O3. The molecule has 0 unspecified atom stereocenters. The van der Waals surface area contributed by atoms with Gasteiger partial charge >= 0.3 is 5.97 Å². The van der Waals surface area contributed by atoms with Crippen molar-refractivity contribution in [2.24, 2.45) is 5.92 Å². The molecule has 0 bridgehead atoms. The molecule has 0 amide bonds. The Balaban J connectivity index is 1.08. The number of hydrogen-bond acceptors (Lipinski definition) is 5. The van der Waals surface area contributed by atoms with Gasteiger partial charge in [0, 0.05) is 31.9 Å². The van der Waals surface area contributed by atoms with Crippen LogP contribution in [0.2, 0.25) is 0 Å². The number of carbonyl (C=O) groups is 1. The SMILES string of the molecule is O=C(O)[C@@H](c1ccccc1CC1CC1)N1CC[C@@H](OCCCCc2ccc3c(n2)NCCC3)C1.